The molecule has 3 unspecified atom stereocenters. The van der Waals surface area contributed by atoms with Crippen LogP contribution in [0.3, 0.4) is 0 Å². The van der Waals surface area contributed by atoms with Gasteiger partial charge in [-0.2, -0.15) is 0 Å². The Morgan fingerprint density at radius 2 is 1.84 bits per heavy atom. The van der Waals surface area contributed by atoms with Crippen LogP contribution in [0, 0.1) is 17.8 Å². The highest BCUT2D eigenvalue weighted by Gasteiger charge is 2.79. The zero-order valence-electron chi connectivity index (χ0n) is 22.8. The van der Waals surface area contributed by atoms with Crippen LogP contribution in [-0.2, 0) is 19.1 Å². The number of aliphatic hydroxyl groups is 1. The van der Waals surface area contributed by atoms with E-state index in [9.17, 15) is 19.5 Å². The van der Waals surface area contributed by atoms with Crippen molar-refractivity contribution < 1.29 is 24.2 Å². The predicted octanol–water partition coefficient (Wildman–Crippen LogP) is 2.39. The van der Waals surface area contributed by atoms with E-state index in [2.05, 4.69) is 29.4 Å². The summed E-state index contributed by atoms with van der Waals surface area (Å²) in [6, 6.07) is 6.80. The van der Waals surface area contributed by atoms with Gasteiger partial charge >= 0.3 is 0 Å². The first-order valence-electron chi connectivity index (χ1n) is 13.7. The first-order valence-corrected chi connectivity index (χ1v) is 13.7. The molecule has 3 aliphatic rings. The molecule has 4 rings (SSSR count). The van der Waals surface area contributed by atoms with E-state index >= 15 is 0 Å². The van der Waals surface area contributed by atoms with Crippen molar-refractivity contribution in [2.75, 3.05) is 43.0 Å². The summed E-state index contributed by atoms with van der Waals surface area (Å²) < 4.78 is 6.68. The summed E-state index contributed by atoms with van der Waals surface area (Å²) in [5.41, 5.74) is -0.201. The molecule has 3 heterocycles. The molecular formula is C28H42N4O5. The Morgan fingerprint density at radius 3 is 2.43 bits per heavy atom. The summed E-state index contributed by atoms with van der Waals surface area (Å²) in [5.74, 6) is -2.15. The Kier molecular flexibility index (Phi) is 7.85. The molecular weight excluding hydrogens is 472 g/mol. The van der Waals surface area contributed by atoms with Gasteiger partial charge in [-0.1, -0.05) is 13.8 Å². The van der Waals surface area contributed by atoms with Gasteiger partial charge in [-0.05, 0) is 70.2 Å². The molecule has 3 fully saturated rings. The third kappa shape index (κ3) is 4.40. The van der Waals surface area contributed by atoms with Gasteiger partial charge in [0.15, 0.2) is 0 Å². The Balaban J connectivity index is 1.66. The summed E-state index contributed by atoms with van der Waals surface area (Å²) in [6.07, 6.45) is 1.65. The summed E-state index contributed by atoms with van der Waals surface area (Å²) in [7, 11) is 0. The van der Waals surface area contributed by atoms with Crippen LogP contribution in [0.25, 0.3) is 0 Å². The molecule has 37 heavy (non-hydrogen) atoms. The second kappa shape index (κ2) is 10.6. The third-order valence-electron chi connectivity index (χ3n) is 8.72. The molecule has 9 nitrogen and oxygen atoms in total. The molecule has 204 valence electrons. The average molecular weight is 515 g/mol. The van der Waals surface area contributed by atoms with Crippen molar-refractivity contribution in [2.45, 2.75) is 71.1 Å². The molecule has 2 bridgehead atoms. The molecule has 0 radical (unpaired) electrons. The van der Waals surface area contributed by atoms with E-state index in [4.69, 9.17) is 4.74 Å². The number of nitrogens with one attached hydrogen (secondary N) is 2. The third-order valence-corrected chi connectivity index (χ3v) is 8.72. The number of aliphatic hydroxyl groups excluding tert-OH is 1. The first kappa shape index (κ1) is 27.4. The number of anilines is 2. The zero-order valence-corrected chi connectivity index (χ0v) is 22.8. The monoisotopic (exact) mass is 514 g/mol. The van der Waals surface area contributed by atoms with Gasteiger partial charge in [0.1, 0.15) is 11.6 Å². The molecule has 0 saturated carbocycles. The minimum Gasteiger partial charge on any atom is -0.396 e. The second-order valence-electron chi connectivity index (χ2n) is 10.8. The highest BCUT2D eigenvalue weighted by atomic mass is 16.5. The van der Waals surface area contributed by atoms with Crippen LogP contribution in [0.1, 0.15) is 53.9 Å². The van der Waals surface area contributed by atoms with E-state index in [1.807, 2.05) is 45.0 Å². The summed E-state index contributed by atoms with van der Waals surface area (Å²) in [4.78, 5) is 44.9. The van der Waals surface area contributed by atoms with Crippen molar-refractivity contribution in [1.82, 2.24) is 10.2 Å². The van der Waals surface area contributed by atoms with E-state index in [1.165, 1.54) is 4.90 Å². The maximum atomic E-state index is 13.9. The van der Waals surface area contributed by atoms with Crippen LogP contribution < -0.4 is 15.5 Å². The molecule has 0 aromatic heterocycles. The Labute approximate surface area is 219 Å². The van der Waals surface area contributed by atoms with Crippen LogP contribution in [-0.4, -0.2) is 77.8 Å². The van der Waals surface area contributed by atoms with Gasteiger partial charge in [0.2, 0.25) is 17.7 Å². The number of rotatable bonds is 11. The molecule has 6 atom stereocenters. The number of amides is 3. The first-order chi connectivity index (χ1) is 17.7. The van der Waals surface area contributed by atoms with Crippen LogP contribution in [0.15, 0.2) is 24.3 Å². The number of ether oxygens (including phenoxy) is 1. The number of carbonyl (C=O) groups excluding carboxylic acids is 3. The number of hydrogen-bond donors (Lipinski definition) is 3. The normalized spacial score (nSPS) is 31.9. The van der Waals surface area contributed by atoms with E-state index in [0.717, 1.165) is 25.2 Å². The summed E-state index contributed by atoms with van der Waals surface area (Å²) >= 11 is 0. The van der Waals surface area contributed by atoms with Gasteiger partial charge in [-0.15, -0.1) is 0 Å². The largest absolute Gasteiger partial charge is 0.396 e. The van der Waals surface area contributed by atoms with Crippen molar-refractivity contribution in [3.8, 4) is 0 Å². The van der Waals surface area contributed by atoms with Crippen LogP contribution in [0.5, 0.6) is 0 Å². The van der Waals surface area contributed by atoms with E-state index in [0.29, 0.717) is 25.1 Å². The van der Waals surface area contributed by atoms with E-state index in [-0.39, 0.29) is 36.8 Å². The highest BCUT2D eigenvalue weighted by molar-refractivity contribution is 6.03. The van der Waals surface area contributed by atoms with E-state index < -0.39 is 29.1 Å². The van der Waals surface area contributed by atoms with Crippen molar-refractivity contribution in [3.63, 3.8) is 0 Å². The SMILES string of the molecule is CCCNC(=O)[C@@H]1[C@H]2C(=O)N(CCCO)C(C(=O)Nc3ccc(N(CC)CC)cc3)C23CC(C)[C@@]1(C)O3. The van der Waals surface area contributed by atoms with Crippen molar-refractivity contribution >= 4 is 29.1 Å². The van der Waals surface area contributed by atoms with Gasteiger partial charge in [-0.3, -0.25) is 14.4 Å². The smallest absolute Gasteiger partial charge is 0.250 e. The molecule has 3 aliphatic heterocycles. The van der Waals surface area contributed by atoms with Gasteiger partial charge < -0.3 is 30.3 Å². The fourth-order valence-corrected chi connectivity index (χ4v) is 6.83. The fraction of sp³-hybridized carbons (Fsp3) is 0.679. The molecule has 1 aromatic carbocycles. The maximum Gasteiger partial charge on any atom is 0.250 e. The number of likely N-dealkylation sites (tertiary alicyclic amines) is 1. The molecule has 3 saturated heterocycles. The average Bonchev–Trinajstić information content (AvgIpc) is 3.39. The van der Waals surface area contributed by atoms with E-state index in [1.54, 1.807) is 0 Å². The Hall–Kier alpha value is -2.65. The lowest BCUT2D eigenvalue weighted by Crippen LogP contribution is -2.54. The number of benzene rings is 1. The highest BCUT2D eigenvalue weighted by Crippen LogP contribution is 2.65. The second-order valence-corrected chi connectivity index (χ2v) is 10.8. The fourth-order valence-electron chi connectivity index (χ4n) is 6.83. The number of fused-ring (bicyclic) bond motifs is 1. The van der Waals surface area contributed by atoms with Crippen molar-refractivity contribution in [3.05, 3.63) is 24.3 Å². The van der Waals surface area contributed by atoms with Gasteiger partial charge in [0.05, 0.1) is 17.4 Å². The molecule has 0 aliphatic carbocycles. The molecule has 1 spiro atoms. The number of hydrogen-bond acceptors (Lipinski definition) is 6. The molecule has 3 N–H and O–H groups in total. The maximum absolute atomic E-state index is 13.9. The Morgan fingerprint density at radius 1 is 1.16 bits per heavy atom. The number of carbonyl (C=O) groups is 3. The molecule has 9 heteroatoms. The summed E-state index contributed by atoms with van der Waals surface area (Å²) in [6.45, 7) is 12.5. The quantitative estimate of drug-likeness (QED) is 0.418. The summed E-state index contributed by atoms with van der Waals surface area (Å²) in [5, 5.41) is 15.5. The standard InChI is InChI=1S/C28H42N4O5/c1-6-14-29-24(34)21-22-26(36)32(15-9-16-33)23(28(22)17-18(4)27(21,5)37-28)25(35)30-19-10-12-20(13-11-19)31(7-2)8-3/h10-13,18,21-23,33H,6-9,14-17H2,1-5H3,(H,29,34)(H,30,35)/t18?,21-,22-,23?,27+,28?/m0/s1. The Bertz CT molecular complexity index is 1010. The van der Waals surface area contributed by atoms with Gasteiger partial charge in [-0.25, -0.2) is 0 Å². The molecule has 3 amide bonds. The zero-order chi connectivity index (χ0) is 27.0. The lowest BCUT2D eigenvalue weighted by Gasteiger charge is -2.36. The van der Waals surface area contributed by atoms with Crippen molar-refractivity contribution in [2.24, 2.45) is 17.8 Å². The molecule has 1 aromatic rings. The van der Waals surface area contributed by atoms with Crippen LogP contribution in [0.2, 0.25) is 0 Å². The lowest BCUT2D eigenvalue weighted by atomic mass is 9.62. The van der Waals surface area contributed by atoms with Crippen molar-refractivity contribution in [1.29, 1.82) is 0 Å². The van der Waals surface area contributed by atoms with Crippen LogP contribution in [0.4, 0.5) is 11.4 Å². The minimum absolute atomic E-state index is 0.00428. The predicted molar refractivity (Wildman–Crippen MR) is 142 cm³/mol. The minimum atomic E-state index is -1.08. The van der Waals surface area contributed by atoms with Crippen LogP contribution >= 0.6 is 0 Å². The lowest BCUT2D eigenvalue weighted by molar-refractivity contribution is -0.146. The van der Waals surface area contributed by atoms with Gasteiger partial charge in [0.25, 0.3) is 0 Å². The topological polar surface area (TPSA) is 111 Å². The number of nitrogens with zero attached hydrogens (tertiary/aromatic N) is 2. The van der Waals surface area contributed by atoms with Gasteiger partial charge in [0, 0.05) is 44.2 Å².